The molecule has 0 aliphatic carbocycles. The van der Waals surface area contributed by atoms with Gasteiger partial charge in [-0.1, -0.05) is 29.8 Å². The van der Waals surface area contributed by atoms with Crippen LogP contribution in [-0.4, -0.2) is 15.9 Å². The molecular weight excluding hydrogens is 331 g/mol. The summed E-state index contributed by atoms with van der Waals surface area (Å²) < 4.78 is 18.0. The second kappa shape index (κ2) is 7.19. The molecule has 0 fully saturated rings. The number of para-hydroxylation sites is 2. The minimum atomic E-state index is -0.551. The highest BCUT2D eigenvalue weighted by atomic mass is 35.5. The molecule has 1 aromatic heterocycles. The Morgan fingerprint density at radius 1 is 1.21 bits per heavy atom. The molecule has 0 saturated heterocycles. The van der Waals surface area contributed by atoms with Gasteiger partial charge in [0.2, 0.25) is 0 Å². The van der Waals surface area contributed by atoms with Crippen molar-refractivity contribution in [1.29, 1.82) is 0 Å². The molecule has 0 radical (unpaired) electrons. The lowest BCUT2D eigenvalue weighted by atomic mass is 10.2. The molecule has 6 heteroatoms. The van der Waals surface area contributed by atoms with E-state index in [1.807, 2.05) is 24.3 Å². The first-order chi connectivity index (χ1) is 11.6. The van der Waals surface area contributed by atoms with E-state index in [9.17, 15) is 9.18 Å². The topological polar surface area (TPSA) is 52.1 Å². The zero-order valence-corrected chi connectivity index (χ0v) is 13.2. The maximum Gasteiger partial charge on any atom is 0.331 e. The van der Waals surface area contributed by atoms with Crippen LogP contribution in [-0.2, 0) is 16.1 Å². The third-order valence-corrected chi connectivity index (χ3v) is 3.59. The van der Waals surface area contributed by atoms with Crippen molar-refractivity contribution in [3.8, 4) is 0 Å². The largest absolute Gasteiger partial charge is 0.458 e. The summed E-state index contributed by atoms with van der Waals surface area (Å²) in [5, 5.41) is 0.215. The van der Waals surface area contributed by atoms with Crippen molar-refractivity contribution in [2.45, 2.75) is 6.61 Å². The quantitative estimate of drug-likeness (QED) is 0.527. The van der Waals surface area contributed by atoms with E-state index in [2.05, 4.69) is 9.97 Å². The second-order valence-electron chi connectivity index (χ2n) is 4.96. The number of nitrogens with zero attached hydrogens (tertiary/aromatic N) is 2. The van der Waals surface area contributed by atoms with Crippen LogP contribution in [0.15, 0.2) is 54.7 Å². The summed E-state index contributed by atoms with van der Waals surface area (Å²) in [6.07, 6.45) is 4.35. The van der Waals surface area contributed by atoms with Crippen molar-refractivity contribution in [3.63, 3.8) is 0 Å². The molecule has 2 aromatic carbocycles. The molecule has 3 aromatic rings. The van der Waals surface area contributed by atoms with Gasteiger partial charge in [0.05, 0.1) is 27.9 Å². The maximum atomic E-state index is 12.9. The number of carbonyl (C=O) groups is 1. The Morgan fingerprint density at radius 2 is 2.00 bits per heavy atom. The maximum absolute atomic E-state index is 12.9. The van der Waals surface area contributed by atoms with E-state index in [0.29, 0.717) is 11.3 Å². The molecule has 0 aliphatic heterocycles. The van der Waals surface area contributed by atoms with Crippen LogP contribution < -0.4 is 0 Å². The molecule has 3 rings (SSSR count). The van der Waals surface area contributed by atoms with Gasteiger partial charge in [-0.2, -0.15) is 0 Å². The fraction of sp³-hybridized carbons (Fsp3) is 0.0556. The van der Waals surface area contributed by atoms with E-state index in [-0.39, 0.29) is 11.6 Å². The molecule has 0 spiro atoms. The highest BCUT2D eigenvalue weighted by Gasteiger charge is 2.05. The summed E-state index contributed by atoms with van der Waals surface area (Å²) in [5.41, 5.74) is 2.60. The molecule has 0 atom stereocenters. The number of hydrogen-bond acceptors (Lipinski definition) is 4. The summed E-state index contributed by atoms with van der Waals surface area (Å²) in [7, 11) is 0. The lowest BCUT2D eigenvalue weighted by Crippen LogP contribution is -2.01. The Balaban J connectivity index is 1.63. The third-order valence-electron chi connectivity index (χ3n) is 3.24. The van der Waals surface area contributed by atoms with Gasteiger partial charge in [-0.15, -0.1) is 0 Å². The molecule has 0 bridgehead atoms. The van der Waals surface area contributed by atoms with E-state index in [1.165, 1.54) is 30.4 Å². The fourth-order valence-electron chi connectivity index (χ4n) is 2.04. The number of rotatable bonds is 4. The number of fused-ring (bicyclic) bond motifs is 1. The normalized spacial score (nSPS) is 11.1. The molecule has 0 saturated carbocycles. The molecule has 4 nitrogen and oxygen atoms in total. The summed E-state index contributed by atoms with van der Waals surface area (Å²) in [5.74, 6) is -0.991. The fourth-order valence-corrected chi connectivity index (χ4v) is 2.26. The molecule has 0 amide bonds. The Kier molecular flexibility index (Phi) is 4.82. The third kappa shape index (κ3) is 3.94. The zero-order chi connectivity index (χ0) is 16.9. The van der Waals surface area contributed by atoms with E-state index in [4.69, 9.17) is 16.3 Å². The van der Waals surface area contributed by atoms with Crippen LogP contribution in [0.1, 0.15) is 11.3 Å². The minimum Gasteiger partial charge on any atom is -0.458 e. The predicted octanol–water partition coefficient (Wildman–Crippen LogP) is 4.18. The van der Waals surface area contributed by atoms with E-state index < -0.39 is 11.8 Å². The Morgan fingerprint density at radius 3 is 2.79 bits per heavy atom. The van der Waals surface area contributed by atoms with Crippen LogP contribution in [0.3, 0.4) is 0 Å². The molecule has 1 heterocycles. The predicted molar refractivity (Wildman–Crippen MR) is 89.8 cm³/mol. The Bertz CT molecular complexity index is 928. The lowest BCUT2D eigenvalue weighted by Gasteiger charge is -2.04. The average Bonchev–Trinajstić information content (AvgIpc) is 2.59. The number of halogens is 2. The highest BCUT2D eigenvalue weighted by Crippen LogP contribution is 2.18. The first-order valence-electron chi connectivity index (χ1n) is 7.12. The van der Waals surface area contributed by atoms with Crippen LogP contribution in [0.2, 0.25) is 5.02 Å². The monoisotopic (exact) mass is 342 g/mol. The summed E-state index contributed by atoms with van der Waals surface area (Å²) in [6, 6.07) is 11.4. The van der Waals surface area contributed by atoms with Gasteiger partial charge in [-0.05, 0) is 30.3 Å². The van der Waals surface area contributed by atoms with E-state index in [0.717, 1.165) is 11.0 Å². The number of aromatic nitrogens is 2. The van der Waals surface area contributed by atoms with Gasteiger partial charge < -0.3 is 4.74 Å². The van der Waals surface area contributed by atoms with Crippen molar-refractivity contribution in [3.05, 3.63) is 76.8 Å². The highest BCUT2D eigenvalue weighted by molar-refractivity contribution is 6.31. The van der Waals surface area contributed by atoms with Gasteiger partial charge in [0.1, 0.15) is 12.4 Å². The zero-order valence-electron chi connectivity index (χ0n) is 12.4. The lowest BCUT2D eigenvalue weighted by molar-refractivity contribution is -0.138. The molecule has 0 N–H and O–H groups in total. The minimum absolute atomic E-state index is 0.0360. The van der Waals surface area contributed by atoms with Crippen LogP contribution in [0.4, 0.5) is 4.39 Å². The SMILES string of the molecule is O=C(/C=C/c1cnc2ccccc2n1)OCc1ccc(F)cc1Cl. The van der Waals surface area contributed by atoms with Crippen molar-refractivity contribution in [1.82, 2.24) is 9.97 Å². The number of carbonyl (C=O) groups excluding carboxylic acids is 1. The van der Waals surface area contributed by atoms with Gasteiger partial charge in [-0.3, -0.25) is 4.98 Å². The van der Waals surface area contributed by atoms with Gasteiger partial charge >= 0.3 is 5.97 Å². The Labute approximate surface area is 142 Å². The smallest absolute Gasteiger partial charge is 0.331 e. The summed E-state index contributed by atoms with van der Waals surface area (Å²) in [6.45, 7) is -0.0360. The molecule has 0 aliphatic rings. The first-order valence-corrected chi connectivity index (χ1v) is 7.50. The molecular formula is C18H12ClFN2O2. The van der Waals surface area contributed by atoms with Crippen LogP contribution in [0, 0.1) is 5.82 Å². The van der Waals surface area contributed by atoms with Gasteiger partial charge in [0, 0.05) is 11.6 Å². The first kappa shape index (κ1) is 16.1. The second-order valence-corrected chi connectivity index (χ2v) is 5.37. The molecule has 24 heavy (non-hydrogen) atoms. The average molecular weight is 343 g/mol. The van der Waals surface area contributed by atoms with E-state index >= 15 is 0 Å². The van der Waals surface area contributed by atoms with Crippen LogP contribution >= 0.6 is 11.6 Å². The summed E-state index contributed by atoms with van der Waals surface area (Å²) in [4.78, 5) is 20.4. The number of hydrogen-bond donors (Lipinski definition) is 0. The van der Waals surface area contributed by atoms with Crippen LogP contribution in [0.5, 0.6) is 0 Å². The van der Waals surface area contributed by atoms with Crippen LogP contribution in [0.25, 0.3) is 17.1 Å². The molecule has 120 valence electrons. The van der Waals surface area contributed by atoms with Crippen molar-refractivity contribution in [2.75, 3.05) is 0 Å². The van der Waals surface area contributed by atoms with Crippen molar-refractivity contribution in [2.24, 2.45) is 0 Å². The van der Waals surface area contributed by atoms with Crippen molar-refractivity contribution < 1.29 is 13.9 Å². The van der Waals surface area contributed by atoms with Gasteiger partial charge in [-0.25, -0.2) is 14.2 Å². The van der Waals surface area contributed by atoms with Gasteiger partial charge in [0.15, 0.2) is 0 Å². The summed E-state index contributed by atoms with van der Waals surface area (Å²) >= 11 is 5.87. The van der Waals surface area contributed by atoms with Gasteiger partial charge in [0.25, 0.3) is 0 Å². The Hall–Kier alpha value is -2.79. The van der Waals surface area contributed by atoms with E-state index in [1.54, 1.807) is 6.20 Å². The molecule has 0 unspecified atom stereocenters. The standard InChI is InChI=1S/C18H12ClFN2O2/c19-15-9-13(20)6-5-12(15)11-24-18(23)8-7-14-10-21-16-3-1-2-4-17(16)22-14/h1-10H,11H2/b8-7+. The number of esters is 1. The number of ether oxygens (including phenoxy) is 1. The van der Waals surface area contributed by atoms with Crippen molar-refractivity contribution >= 4 is 34.7 Å². The number of benzene rings is 2.